The van der Waals surface area contributed by atoms with Crippen molar-refractivity contribution in [3.63, 3.8) is 0 Å². The Bertz CT molecular complexity index is 471. The first-order valence-corrected chi connectivity index (χ1v) is 5.38. The highest BCUT2D eigenvalue weighted by Crippen LogP contribution is 2.24. The van der Waals surface area contributed by atoms with E-state index in [1.165, 1.54) is 0 Å². The second-order valence-electron chi connectivity index (χ2n) is 3.56. The molecule has 0 unspecified atom stereocenters. The summed E-state index contributed by atoms with van der Waals surface area (Å²) in [7, 11) is 0. The molecule has 0 bridgehead atoms. The van der Waals surface area contributed by atoms with Gasteiger partial charge in [-0.05, 0) is 24.4 Å². The molecule has 1 aromatic rings. The molecule has 0 N–H and O–H groups in total. The summed E-state index contributed by atoms with van der Waals surface area (Å²) in [6.07, 6.45) is 3.43. The number of thiocarbonyl (C=S) groups is 1. The molecule has 2 heterocycles. The Kier molecular flexibility index (Phi) is 2.18. The summed E-state index contributed by atoms with van der Waals surface area (Å²) in [6, 6.07) is 9.93. The number of rotatable bonds is 1. The molecule has 2 aliphatic heterocycles. The van der Waals surface area contributed by atoms with Crippen LogP contribution in [0.2, 0.25) is 0 Å². The molecule has 2 atom stereocenters. The van der Waals surface area contributed by atoms with Gasteiger partial charge < -0.3 is 4.74 Å². The van der Waals surface area contributed by atoms with Crippen LogP contribution in [0.1, 0.15) is 0 Å². The van der Waals surface area contributed by atoms with Gasteiger partial charge in [0.1, 0.15) is 6.04 Å². The minimum Gasteiger partial charge on any atom is -0.458 e. The lowest BCUT2D eigenvalue weighted by atomic mass is 10.1. The predicted molar refractivity (Wildman–Crippen MR) is 67.2 cm³/mol. The fraction of sp³-hybridized carbons (Fsp3) is 0.182. The molecular weight excluding hydrogens is 222 g/mol. The standard InChI is InChI=1S/C11H9N3OS/c16-11-12-6-9-10(15-11)7-13-14(9)8-4-2-1-3-5-8/h1-7,9-10H/t9-,10+/m0/s1. The maximum absolute atomic E-state index is 5.40. The quantitative estimate of drug-likeness (QED) is 0.689. The Hall–Kier alpha value is -1.75. The van der Waals surface area contributed by atoms with Crippen molar-refractivity contribution in [1.82, 2.24) is 0 Å². The van der Waals surface area contributed by atoms with Crippen molar-refractivity contribution in [2.75, 3.05) is 5.01 Å². The Balaban J connectivity index is 1.92. The average Bonchev–Trinajstić information content (AvgIpc) is 2.73. The first-order valence-electron chi connectivity index (χ1n) is 4.98. The lowest BCUT2D eigenvalue weighted by molar-refractivity contribution is 0.253. The third-order valence-electron chi connectivity index (χ3n) is 2.55. The van der Waals surface area contributed by atoms with E-state index in [4.69, 9.17) is 17.0 Å². The van der Waals surface area contributed by atoms with Gasteiger partial charge in [-0.2, -0.15) is 5.10 Å². The number of ether oxygens (including phenoxy) is 1. The van der Waals surface area contributed by atoms with Crippen molar-refractivity contribution in [1.29, 1.82) is 0 Å². The summed E-state index contributed by atoms with van der Waals surface area (Å²) < 4.78 is 5.40. The van der Waals surface area contributed by atoms with Crippen LogP contribution in [0.3, 0.4) is 0 Å². The van der Waals surface area contributed by atoms with Gasteiger partial charge in [-0.1, -0.05) is 18.2 Å². The van der Waals surface area contributed by atoms with Crippen molar-refractivity contribution < 1.29 is 4.74 Å². The van der Waals surface area contributed by atoms with Gasteiger partial charge in [0, 0.05) is 6.21 Å². The summed E-state index contributed by atoms with van der Waals surface area (Å²) in [5.41, 5.74) is 1.02. The molecule has 0 spiro atoms. The lowest BCUT2D eigenvalue weighted by Crippen LogP contribution is -2.42. The zero-order valence-corrected chi connectivity index (χ0v) is 9.17. The van der Waals surface area contributed by atoms with Gasteiger partial charge >= 0.3 is 0 Å². The van der Waals surface area contributed by atoms with Gasteiger partial charge in [-0.15, -0.1) is 0 Å². The number of hydrogen-bond acceptors (Lipinski definition) is 4. The molecule has 80 valence electrons. The first kappa shape index (κ1) is 9.47. The molecule has 2 aliphatic rings. The largest absolute Gasteiger partial charge is 0.458 e. The van der Waals surface area contributed by atoms with Crippen LogP contribution in [0.15, 0.2) is 40.4 Å². The van der Waals surface area contributed by atoms with Gasteiger partial charge in [0.05, 0.1) is 11.9 Å². The van der Waals surface area contributed by atoms with Crippen molar-refractivity contribution >= 4 is 35.5 Å². The third-order valence-corrected chi connectivity index (χ3v) is 2.75. The van der Waals surface area contributed by atoms with Crippen molar-refractivity contribution in [3.05, 3.63) is 30.3 Å². The predicted octanol–water partition coefficient (Wildman–Crippen LogP) is 1.62. The molecule has 0 radical (unpaired) electrons. The highest BCUT2D eigenvalue weighted by Gasteiger charge is 2.35. The number of aliphatic imine (C=N–C) groups is 1. The molecule has 5 heteroatoms. The highest BCUT2D eigenvalue weighted by molar-refractivity contribution is 7.80. The molecule has 0 saturated carbocycles. The van der Waals surface area contributed by atoms with E-state index >= 15 is 0 Å². The molecular formula is C11H9N3OS. The third kappa shape index (κ3) is 1.49. The van der Waals surface area contributed by atoms with E-state index in [2.05, 4.69) is 10.1 Å². The number of para-hydroxylation sites is 1. The van der Waals surface area contributed by atoms with E-state index in [0.29, 0.717) is 0 Å². The molecule has 16 heavy (non-hydrogen) atoms. The van der Waals surface area contributed by atoms with Gasteiger partial charge in [0.2, 0.25) is 0 Å². The molecule has 0 aliphatic carbocycles. The van der Waals surface area contributed by atoms with E-state index in [0.717, 1.165) is 5.69 Å². The smallest absolute Gasteiger partial charge is 0.283 e. The van der Waals surface area contributed by atoms with Crippen molar-refractivity contribution in [2.45, 2.75) is 12.1 Å². The summed E-state index contributed by atoms with van der Waals surface area (Å²) >= 11 is 4.88. The Morgan fingerprint density at radius 3 is 2.81 bits per heavy atom. The van der Waals surface area contributed by atoms with Crippen molar-refractivity contribution in [2.24, 2.45) is 10.1 Å². The van der Waals surface area contributed by atoms with E-state index in [9.17, 15) is 0 Å². The molecule has 0 fully saturated rings. The Morgan fingerprint density at radius 2 is 2.00 bits per heavy atom. The van der Waals surface area contributed by atoms with Gasteiger partial charge in [-0.3, -0.25) is 5.01 Å². The minimum atomic E-state index is -0.120. The molecule has 0 amide bonds. The van der Waals surface area contributed by atoms with E-state index in [1.807, 2.05) is 35.3 Å². The number of hydrazone groups is 1. The topological polar surface area (TPSA) is 37.2 Å². The molecule has 0 aromatic heterocycles. The zero-order valence-electron chi connectivity index (χ0n) is 8.35. The summed E-state index contributed by atoms with van der Waals surface area (Å²) in [6.45, 7) is 0. The summed E-state index contributed by atoms with van der Waals surface area (Å²) in [5, 5.41) is 6.48. The maximum atomic E-state index is 5.40. The van der Waals surface area contributed by atoms with Gasteiger partial charge in [0.15, 0.2) is 6.10 Å². The molecule has 3 rings (SSSR count). The van der Waals surface area contributed by atoms with Crippen LogP contribution in [0.25, 0.3) is 0 Å². The van der Waals surface area contributed by atoms with E-state index in [1.54, 1.807) is 12.4 Å². The second-order valence-corrected chi connectivity index (χ2v) is 3.91. The number of nitrogens with zero attached hydrogens (tertiary/aromatic N) is 3. The second kappa shape index (κ2) is 3.68. The fourth-order valence-electron chi connectivity index (χ4n) is 1.79. The maximum Gasteiger partial charge on any atom is 0.283 e. The van der Waals surface area contributed by atoms with Crippen LogP contribution in [-0.2, 0) is 4.74 Å². The van der Waals surface area contributed by atoms with Crippen molar-refractivity contribution in [3.8, 4) is 0 Å². The molecule has 1 aromatic carbocycles. The Morgan fingerprint density at radius 1 is 1.19 bits per heavy atom. The normalized spacial score (nSPS) is 26.8. The highest BCUT2D eigenvalue weighted by atomic mass is 32.1. The molecule has 4 nitrogen and oxygen atoms in total. The number of anilines is 1. The van der Waals surface area contributed by atoms with Gasteiger partial charge in [0.25, 0.3) is 5.17 Å². The van der Waals surface area contributed by atoms with Crippen LogP contribution in [0.5, 0.6) is 0 Å². The monoisotopic (exact) mass is 231 g/mol. The Labute approximate surface area is 98.2 Å². The van der Waals surface area contributed by atoms with Crippen LogP contribution in [0, 0.1) is 0 Å². The average molecular weight is 231 g/mol. The van der Waals surface area contributed by atoms with E-state index in [-0.39, 0.29) is 17.3 Å². The van der Waals surface area contributed by atoms with Crippen LogP contribution in [-0.4, -0.2) is 29.7 Å². The zero-order chi connectivity index (χ0) is 11.0. The summed E-state index contributed by atoms with van der Waals surface area (Å²) in [5.74, 6) is 0. The first-order chi connectivity index (χ1) is 7.84. The fourth-order valence-corrected chi connectivity index (χ4v) is 1.97. The number of fused-ring (bicyclic) bond motifs is 1. The van der Waals surface area contributed by atoms with Gasteiger partial charge in [-0.25, -0.2) is 4.99 Å². The minimum absolute atomic E-state index is 0.00843. The SMILES string of the molecule is S=C1N=C[C@H]2[C@@H](C=NN2c2ccccc2)O1. The summed E-state index contributed by atoms with van der Waals surface area (Å²) in [4.78, 5) is 4.01. The number of hydrogen-bond donors (Lipinski definition) is 0. The van der Waals surface area contributed by atoms with Crippen LogP contribution in [0.4, 0.5) is 5.69 Å². The lowest BCUT2D eigenvalue weighted by Gasteiger charge is -2.26. The number of benzene rings is 1. The van der Waals surface area contributed by atoms with Crippen LogP contribution >= 0.6 is 12.2 Å². The molecule has 0 saturated heterocycles. The van der Waals surface area contributed by atoms with Crippen LogP contribution < -0.4 is 5.01 Å². The van der Waals surface area contributed by atoms with E-state index < -0.39 is 0 Å².